The maximum atomic E-state index is 5.31. The number of aromatic nitrogens is 4. The van der Waals surface area contributed by atoms with E-state index in [1.807, 2.05) is 36.4 Å². The summed E-state index contributed by atoms with van der Waals surface area (Å²) in [6, 6.07) is 116. The standard InChI is InChI=1S/C82H56BN7/c1-55-43-47-73-68(51-55)69-54-65(87(61-31-12-4-13-32-61)62-33-14-5-15-34-62)45-49-74(69)90(73)72-48-44-60(82-85-80(56-25-8-2-9-26-56)84-81(86-82)57-27-10-3-11-28-57)53-67(72)59-30-24-29-58(52-59)66-46-50-77-78-79(66)89(64-37-18-7-19-38-64)76-42-23-21-40-71(76)83(78)70-39-20-22-41-75(70)88(77)63-35-16-6-17-36-63/h2-54H,1H3. The van der Waals surface area contributed by atoms with Gasteiger partial charge in [-0.25, -0.2) is 15.0 Å². The van der Waals surface area contributed by atoms with Crippen LogP contribution in [0.1, 0.15) is 5.56 Å². The van der Waals surface area contributed by atoms with Crippen molar-refractivity contribution in [2.45, 2.75) is 6.92 Å². The normalized spacial score (nSPS) is 12.2. The molecule has 0 saturated heterocycles. The molecule has 0 N–H and O–H groups in total. The average molecular weight is 1150 g/mol. The Morgan fingerprint density at radius 3 is 1.38 bits per heavy atom. The van der Waals surface area contributed by atoms with Crippen molar-refractivity contribution in [3.63, 3.8) is 0 Å². The summed E-state index contributed by atoms with van der Waals surface area (Å²) in [5, 5.41) is 2.32. The van der Waals surface area contributed by atoms with Crippen LogP contribution >= 0.6 is 0 Å². The van der Waals surface area contributed by atoms with Gasteiger partial charge in [0, 0.05) is 84.1 Å². The minimum atomic E-state index is -0.0393. The van der Waals surface area contributed by atoms with Crippen LogP contribution in [0, 0.1) is 6.92 Å². The molecule has 0 fully saturated rings. The smallest absolute Gasteiger partial charge is 0.252 e. The first-order chi connectivity index (χ1) is 44.6. The molecular weight excluding hydrogens is 1090 g/mol. The van der Waals surface area contributed by atoms with Gasteiger partial charge < -0.3 is 19.3 Å². The maximum absolute atomic E-state index is 5.31. The lowest BCUT2D eigenvalue weighted by molar-refractivity contribution is 1.07. The van der Waals surface area contributed by atoms with Crippen LogP contribution in [0.5, 0.6) is 0 Å². The molecule has 0 saturated carbocycles. The van der Waals surface area contributed by atoms with E-state index < -0.39 is 0 Å². The van der Waals surface area contributed by atoms with Gasteiger partial charge in [0.15, 0.2) is 17.5 Å². The zero-order valence-corrected chi connectivity index (χ0v) is 49.3. The number of benzene rings is 13. The van der Waals surface area contributed by atoms with E-state index in [4.69, 9.17) is 15.0 Å². The largest absolute Gasteiger partial charge is 0.311 e. The average Bonchev–Trinajstić information content (AvgIpc) is 0.894. The number of hydrogen-bond acceptors (Lipinski definition) is 6. The van der Waals surface area contributed by atoms with Crippen LogP contribution in [0.2, 0.25) is 0 Å². The topological polar surface area (TPSA) is 53.3 Å². The number of anilines is 9. The molecule has 422 valence electrons. The summed E-state index contributed by atoms with van der Waals surface area (Å²) in [7, 11) is 0. The third kappa shape index (κ3) is 8.87. The molecule has 15 aromatic rings. The summed E-state index contributed by atoms with van der Waals surface area (Å²) in [5.74, 6) is 1.80. The highest BCUT2D eigenvalue weighted by molar-refractivity contribution is 7.00. The third-order valence-corrected chi connectivity index (χ3v) is 17.8. The second kappa shape index (κ2) is 21.8. The maximum Gasteiger partial charge on any atom is 0.252 e. The van der Waals surface area contributed by atoms with E-state index in [2.05, 4.69) is 311 Å². The Bertz CT molecular complexity index is 5110. The summed E-state index contributed by atoms with van der Waals surface area (Å²) >= 11 is 0. The Kier molecular flexibility index (Phi) is 12.7. The van der Waals surface area contributed by atoms with E-state index in [-0.39, 0.29) is 6.71 Å². The van der Waals surface area contributed by atoms with Crippen LogP contribution in [0.15, 0.2) is 322 Å². The van der Waals surface area contributed by atoms with Crippen LogP contribution in [-0.2, 0) is 0 Å². The van der Waals surface area contributed by atoms with Gasteiger partial charge in [-0.15, -0.1) is 0 Å². The Labute approximate surface area is 523 Å². The van der Waals surface area contributed by atoms with Crippen LogP contribution in [0.3, 0.4) is 0 Å². The molecule has 0 unspecified atom stereocenters. The zero-order chi connectivity index (χ0) is 59.7. The van der Waals surface area contributed by atoms with E-state index in [0.29, 0.717) is 17.5 Å². The molecule has 0 atom stereocenters. The van der Waals surface area contributed by atoms with Crippen molar-refractivity contribution >= 4 is 96.1 Å². The first-order valence-corrected chi connectivity index (χ1v) is 30.7. The van der Waals surface area contributed by atoms with Crippen molar-refractivity contribution in [3.05, 3.63) is 327 Å². The Balaban J connectivity index is 0.917. The molecule has 17 rings (SSSR count). The minimum Gasteiger partial charge on any atom is -0.311 e. The predicted octanol–water partition coefficient (Wildman–Crippen LogP) is 19.2. The van der Waals surface area contributed by atoms with Gasteiger partial charge in [0.2, 0.25) is 0 Å². The first kappa shape index (κ1) is 52.5. The number of hydrogen-bond donors (Lipinski definition) is 0. The van der Waals surface area contributed by atoms with Crippen LogP contribution in [0.4, 0.5) is 51.2 Å². The molecule has 2 aliphatic heterocycles. The molecule has 0 spiro atoms. The quantitative estimate of drug-likeness (QED) is 0.120. The predicted molar refractivity (Wildman–Crippen MR) is 375 cm³/mol. The molecule has 8 heteroatoms. The second-order valence-corrected chi connectivity index (χ2v) is 23.2. The lowest BCUT2D eigenvalue weighted by Crippen LogP contribution is -2.61. The fraction of sp³-hybridized carbons (Fsp3) is 0.0122. The summed E-state index contributed by atoms with van der Waals surface area (Å²) in [6.45, 7) is 2.15. The van der Waals surface area contributed by atoms with Crippen molar-refractivity contribution in [2.24, 2.45) is 0 Å². The van der Waals surface area contributed by atoms with E-state index in [1.54, 1.807) is 0 Å². The van der Waals surface area contributed by atoms with Gasteiger partial charge in [-0.1, -0.05) is 206 Å². The SMILES string of the molecule is Cc1ccc2c(c1)c1cc(N(c3ccccc3)c3ccccc3)ccc1n2-c1ccc(-c2nc(-c3ccccc3)nc(-c3ccccc3)n2)cc1-c1cccc(-c2ccc3c4c2N(c2ccccc2)c2ccccc2B4c2ccccc2N3c2ccccc2)c1. The van der Waals surface area contributed by atoms with Crippen molar-refractivity contribution in [3.8, 4) is 62.1 Å². The van der Waals surface area contributed by atoms with E-state index >= 15 is 0 Å². The van der Waals surface area contributed by atoms with Gasteiger partial charge in [-0.2, -0.15) is 0 Å². The Hall–Kier alpha value is -11.9. The fourth-order valence-corrected chi connectivity index (χ4v) is 13.9. The number of rotatable bonds is 11. The summed E-state index contributed by atoms with van der Waals surface area (Å²) in [6.07, 6.45) is 0. The van der Waals surface area contributed by atoms with E-state index in [1.165, 1.54) is 33.0 Å². The first-order valence-electron chi connectivity index (χ1n) is 30.7. The molecule has 0 amide bonds. The number of nitrogens with zero attached hydrogens (tertiary/aromatic N) is 7. The minimum absolute atomic E-state index is 0.0393. The molecular formula is C82H56BN7. The van der Waals surface area contributed by atoms with Crippen LogP contribution in [-0.4, -0.2) is 26.2 Å². The second-order valence-electron chi connectivity index (χ2n) is 23.2. The molecule has 7 nitrogen and oxygen atoms in total. The van der Waals surface area contributed by atoms with Gasteiger partial charge in [0.25, 0.3) is 6.71 Å². The molecule has 2 aromatic heterocycles. The zero-order valence-electron chi connectivity index (χ0n) is 49.3. The fourth-order valence-electron chi connectivity index (χ4n) is 13.9. The van der Waals surface area contributed by atoms with Gasteiger partial charge in [-0.3, -0.25) is 0 Å². The van der Waals surface area contributed by atoms with Crippen LogP contribution in [0.25, 0.3) is 83.9 Å². The highest BCUT2D eigenvalue weighted by Gasteiger charge is 2.44. The molecule has 0 aliphatic carbocycles. The lowest BCUT2D eigenvalue weighted by atomic mass is 9.33. The summed E-state index contributed by atoms with van der Waals surface area (Å²) < 4.78 is 2.46. The molecule has 0 bridgehead atoms. The van der Waals surface area contributed by atoms with Gasteiger partial charge in [0.05, 0.1) is 22.4 Å². The van der Waals surface area contributed by atoms with Crippen molar-refractivity contribution in [1.82, 2.24) is 19.5 Å². The van der Waals surface area contributed by atoms with Crippen LogP contribution < -0.4 is 31.1 Å². The van der Waals surface area contributed by atoms with Gasteiger partial charge in [-0.05, 0) is 156 Å². The Morgan fingerprint density at radius 2 is 0.778 bits per heavy atom. The molecule has 0 radical (unpaired) electrons. The van der Waals surface area contributed by atoms with E-state index in [9.17, 15) is 0 Å². The monoisotopic (exact) mass is 1150 g/mol. The van der Waals surface area contributed by atoms with Crippen molar-refractivity contribution in [1.29, 1.82) is 0 Å². The summed E-state index contributed by atoms with van der Waals surface area (Å²) in [5.41, 5.74) is 25.3. The number of fused-ring (bicyclic) bond motifs is 7. The van der Waals surface area contributed by atoms with Gasteiger partial charge >= 0.3 is 0 Å². The molecule has 13 aromatic carbocycles. The molecule has 90 heavy (non-hydrogen) atoms. The highest BCUT2D eigenvalue weighted by atomic mass is 15.2. The summed E-state index contributed by atoms with van der Waals surface area (Å²) in [4.78, 5) is 23.1. The van der Waals surface area contributed by atoms with Crippen molar-refractivity contribution in [2.75, 3.05) is 14.7 Å². The van der Waals surface area contributed by atoms with Crippen molar-refractivity contribution < 1.29 is 0 Å². The molecule has 4 heterocycles. The number of aryl methyl sites for hydroxylation is 1. The third-order valence-electron chi connectivity index (χ3n) is 17.8. The van der Waals surface area contributed by atoms with E-state index in [0.717, 1.165) is 107 Å². The van der Waals surface area contributed by atoms with Gasteiger partial charge in [0.1, 0.15) is 0 Å². The highest BCUT2D eigenvalue weighted by Crippen LogP contribution is 2.49. The Morgan fingerprint density at radius 1 is 0.311 bits per heavy atom. The number of para-hydroxylation sites is 6. The molecule has 2 aliphatic rings. The lowest BCUT2D eigenvalue weighted by Gasteiger charge is -2.45.